The van der Waals surface area contributed by atoms with Crippen molar-refractivity contribution in [1.29, 1.82) is 0 Å². The molecule has 0 atom stereocenters. The average molecular weight is 230 g/mol. The van der Waals surface area contributed by atoms with Crippen LogP contribution in [0.2, 0.25) is 0 Å². The number of ether oxygens (including phenoxy) is 2. The van der Waals surface area contributed by atoms with E-state index in [4.69, 9.17) is 0 Å². The van der Waals surface area contributed by atoms with Crippen molar-refractivity contribution in [3.8, 4) is 0 Å². The van der Waals surface area contributed by atoms with E-state index in [9.17, 15) is 19.2 Å². The van der Waals surface area contributed by atoms with Crippen molar-refractivity contribution in [2.45, 2.75) is 13.1 Å². The lowest BCUT2D eigenvalue weighted by atomic mass is 10.5. The molecule has 0 bridgehead atoms. The molecule has 1 aliphatic rings. The fourth-order valence-corrected chi connectivity index (χ4v) is 1.33. The van der Waals surface area contributed by atoms with E-state index in [1.165, 1.54) is 6.92 Å². The molecule has 0 aromatic carbocycles. The summed E-state index contributed by atoms with van der Waals surface area (Å²) in [5.74, 6) is -2.24. The Morgan fingerprint density at radius 3 is 1.56 bits per heavy atom. The van der Waals surface area contributed by atoms with Crippen molar-refractivity contribution in [3.05, 3.63) is 0 Å². The van der Waals surface area contributed by atoms with Gasteiger partial charge >= 0.3 is 24.0 Å². The fourth-order valence-electron chi connectivity index (χ4n) is 1.33. The van der Waals surface area contributed by atoms with E-state index in [-0.39, 0.29) is 0 Å². The molecule has 0 aromatic rings. The van der Waals surface area contributed by atoms with Crippen LogP contribution in [0, 0.1) is 0 Å². The highest BCUT2D eigenvalue weighted by Gasteiger charge is 2.50. The molecule has 1 aliphatic heterocycles. The van der Waals surface area contributed by atoms with Gasteiger partial charge in [0.05, 0.1) is 14.2 Å². The van der Waals surface area contributed by atoms with Crippen LogP contribution in [0.15, 0.2) is 0 Å². The minimum atomic E-state index is -1.12. The van der Waals surface area contributed by atoms with Gasteiger partial charge in [-0.1, -0.05) is 0 Å². The number of nitrogens with zero attached hydrogens (tertiary/aromatic N) is 2. The molecule has 0 aliphatic carbocycles. The molecule has 4 amide bonds. The summed E-state index contributed by atoms with van der Waals surface area (Å²) in [6.07, 6.45) is -3.06. The van der Waals surface area contributed by atoms with Crippen LogP contribution in [-0.2, 0) is 19.1 Å². The number of methoxy groups -OCH3 is 2. The zero-order chi connectivity index (χ0) is 12.5. The summed E-state index contributed by atoms with van der Waals surface area (Å²) in [6.45, 7) is 1.33. The predicted octanol–water partition coefficient (Wildman–Crippen LogP) is -0.464. The molecule has 1 heterocycles. The first kappa shape index (κ1) is 12.0. The molecule has 88 valence electrons. The van der Waals surface area contributed by atoms with Crippen molar-refractivity contribution < 1.29 is 28.7 Å². The molecule has 1 fully saturated rings. The lowest BCUT2D eigenvalue weighted by Gasteiger charge is -2.21. The van der Waals surface area contributed by atoms with Gasteiger partial charge in [-0.25, -0.2) is 19.4 Å². The maximum Gasteiger partial charge on any atom is 0.418 e. The lowest BCUT2D eigenvalue weighted by Crippen LogP contribution is -2.43. The second kappa shape index (κ2) is 4.17. The summed E-state index contributed by atoms with van der Waals surface area (Å²) in [5, 5.41) is 0. The number of carbonyl (C=O) groups excluding carboxylic acids is 4. The van der Waals surface area contributed by atoms with Crippen LogP contribution in [0.5, 0.6) is 0 Å². The molecule has 0 radical (unpaired) electrons. The summed E-state index contributed by atoms with van der Waals surface area (Å²) in [6, 6.07) is 0. The van der Waals surface area contributed by atoms with Crippen LogP contribution >= 0.6 is 0 Å². The van der Waals surface area contributed by atoms with Crippen molar-refractivity contribution in [1.82, 2.24) is 9.80 Å². The molecular weight excluding hydrogens is 220 g/mol. The monoisotopic (exact) mass is 230 g/mol. The van der Waals surface area contributed by atoms with Crippen LogP contribution in [0.1, 0.15) is 6.92 Å². The summed E-state index contributed by atoms with van der Waals surface area (Å²) in [4.78, 5) is 46.2. The summed E-state index contributed by atoms with van der Waals surface area (Å²) >= 11 is 0. The molecule has 0 unspecified atom stereocenters. The van der Waals surface area contributed by atoms with Gasteiger partial charge in [0.2, 0.25) is 0 Å². The smallest absolute Gasteiger partial charge is 0.418 e. The van der Waals surface area contributed by atoms with Crippen LogP contribution in [0.4, 0.5) is 9.59 Å². The second-order valence-corrected chi connectivity index (χ2v) is 2.92. The average Bonchev–Trinajstić information content (AvgIpc) is 2.49. The topological polar surface area (TPSA) is 93.2 Å². The molecule has 0 saturated carbocycles. The number of hydrogen-bond donors (Lipinski definition) is 0. The highest BCUT2D eigenvalue weighted by atomic mass is 16.6. The van der Waals surface area contributed by atoms with E-state index >= 15 is 0 Å². The Labute approximate surface area is 90.7 Å². The zero-order valence-corrected chi connectivity index (χ0v) is 8.92. The van der Waals surface area contributed by atoms with Crippen LogP contribution in [0.3, 0.4) is 0 Å². The van der Waals surface area contributed by atoms with Gasteiger partial charge in [-0.15, -0.1) is 0 Å². The third-order valence-electron chi connectivity index (χ3n) is 2.11. The predicted molar refractivity (Wildman–Crippen MR) is 48.0 cm³/mol. The van der Waals surface area contributed by atoms with E-state index in [0.29, 0.717) is 9.80 Å². The van der Waals surface area contributed by atoms with Crippen molar-refractivity contribution in [2.75, 3.05) is 14.2 Å². The number of amides is 4. The van der Waals surface area contributed by atoms with Crippen molar-refractivity contribution in [2.24, 2.45) is 0 Å². The number of hydrogen-bond acceptors (Lipinski definition) is 6. The van der Waals surface area contributed by atoms with Crippen LogP contribution in [0.25, 0.3) is 0 Å². The molecular formula is C8H10N2O6. The van der Waals surface area contributed by atoms with Crippen LogP contribution < -0.4 is 0 Å². The molecule has 0 spiro atoms. The molecule has 0 aromatic heterocycles. The zero-order valence-electron chi connectivity index (χ0n) is 8.92. The standard InChI is InChI=1S/C8H10N2O6/c1-4-9(7(13)15-2)5(11)6(12)10(4)8(14)16-3/h4H,1-3H3. The van der Waals surface area contributed by atoms with Gasteiger partial charge in [0.15, 0.2) is 0 Å². The van der Waals surface area contributed by atoms with E-state index in [1.54, 1.807) is 0 Å². The third kappa shape index (κ3) is 1.58. The number of carbonyl (C=O) groups is 4. The maximum atomic E-state index is 11.4. The summed E-state index contributed by atoms with van der Waals surface area (Å²) in [5.41, 5.74) is 0. The van der Waals surface area contributed by atoms with Gasteiger partial charge in [0.25, 0.3) is 0 Å². The fraction of sp³-hybridized carbons (Fsp3) is 0.500. The summed E-state index contributed by atoms with van der Waals surface area (Å²) < 4.78 is 8.64. The van der Waals surface area contributed by atoms with E-state index in [2.05, 4.69) is 9.47 Å². The first-order chi connectivity index (χ1) is 7.45. The molecule has 8 heteroatoms. The van der Waals surface area contributed by atoms with Crippen LogP contribution in [-0.4, -0.2) is 54.2 Å². The van der Waals surface area contributed by atoms with Gasteiger partial charge in [-0.2, -0.15) is 0 Å². The van der Waals surface area contributed by atoms with Gasteiger partial charge in [-0.05, 0) is 6.92 Å². The summed E-state index contributed by atoms with van der Waals surface area (Å²) in [7, 11) is 2.13. The van der Waals surface area contributed by atoms with Gasteiger partial charge in [0, 0.05) is 0 Å². The Morgan fingerprint density at radius 1 is 1.00 bits per heavy atom. The van der Waals surface area contributed by atoms with Gasteiger partial charge < -0.3 is 9.47 Å². The molecule has 16 heavy (non-hydrogen) atoms. The first-order valence-corrected chi connectivity index (χ1v) is 4.28. The minimum absolute atomic E-state index is 0.541. The third-order valence-corrected chi connectivity index (χ3v) is 2.11. The Kier molecular flexibility index (Phi) is 3.11. The minimum Gasteiger partial charge on any atom is -0.452 e. The molecule has 1 saturated heterocycles. The Balaban J connectivity index is 3.03. The van der Waals surface area contributed by atoms with Gasteiger partial charge in [-0.3, -0.25) is 9.59 Å². The van der Waals surface area contributed by atoms with Crippen molar-refractivity contribution in [3.63, 3.8) is 0 Å². The molecule has 0 N–H and O–H groups in total. The van der Waals surface area contributed by atoms with E-state index in [1.807, 2.05) is 0 Å². The SMILES string of the molecule is COC(=O)N1C(=O)C(=O)N(C(=O)OC)C1C. The Bertz CT molecular complexity index is 332. The number of rotatable bonds is 0. The largest absolute Gasteiger partial charge is 0.452 e. The second-order valence-electron chi connectivity index (χ2n) is 2.92. The Morgan fingerprint density at radius 2 is 1.31 bits per heavy atom. The quantitative estimate of drug-likeness (QED) is 0.522. The first-order valence-electron chi connectivity index (χ1n) is 4.28. The van der Waals surface area contributed by atoms with Gasteiger partial charge in [0.1, 0.15) is 6.17 Å². The molecule has 8 nitrogen and oxygen atoms in total. The number of imide groups is 2. The lowest BCUT2D eigenvalue weighted by molar-refractivity contribution is -0.142. The maximum absolute atomic E-state index is 11.4. The Hall–Kier alpha value is -2.12. The van der Waals surface area contributed by atoms with Crippen molar-refractivity contribution >= 4 is 24.0 Å². The molecule has 1 rings (SSSR count). The highest BCUT2D eigenvalue weighted by Crippen LogP contribution is 2.18. The normalized spacial score (nSPS) is 16.7. The highest BCUT2D eigenvalue weighted by molar-refractivity contribution is 6.41. The van der Waals surface area contributed by atoms with E-state index in [0.717, 1.165) is 14.2 Å². The van der Waals surface area contributed by atoms with E-state index < -0.39 is 30.2 Å².